The van der Waals surface area contributed by atoms with Gasteiger partial charge in [0.2, 0.25) is 0 Å². The first-order chi connectivity index (χ1) is 12.5. The highest BCUT2D eigenvalue weighted by Gasteiger charge is 2.19. The number of carbonyl (C=O) groups excluding carboxylic acids is 1. The number of anilines is 2. The van der Waals surface area contributed by atoms with Gasteiger partial charge in [0, 0.05) is 22.3 Å². The van der Waals surface area contributed by atoms with Crippen molar-refractivity contribution in [3.8, 4) is 11.4 Å². The lowest BCUT2D eigenvalue weighted by Crippen LogP contribution is -2.13. The average molecular weight is 372 g/mol. The molecule has 0 saturated carbocycles. The molecule has 0 aliphatic carbocycles. The fourth-order valence-corrected chi connectivity index (χ4v) is 2.64. The number of rotatable bonds is 3. The highest BCUT2D eigenvalue weighted by Crippen LogP contribution is 2.29. The number of nitrogens with two attached hydrogens (primary N) is 1. The number of nitrogen functional groups attached to an aromatic ring is 1. The third kappa shape index (κ3) is 2.80. The molecule has 2 aromatic heterocycles. The summed E-state index contributed by atoms with van der Waals surface area (Å²) in [7, 11) is 0. The van der Waals surface area contributed by atoms with E-state index in [1.165, 1.54) is 6.07 Å². The normalized spacial score (nSPS) is 11.0. The number of aromatic amines is 1. The van der Waals surface area contributed by atoms with Crippen LogP contribution in [0.4, 0.5) is 11.4 Å². The fraction of sp³-hybridized carbons (Fsp3) is 0. The van der Waals surface area contributed by atoms with Crippen molar-refractivity contribution in [2.75, 3.05) is 11.1 Å². The summed E-state index contributed by atoms with van der Waals surface area (Å²) in [6, 6.07) is 9.56. The average Bonchev–Trinajstić information content (AvgIpc) is 3.22. The van der Waals surface area contributed by atoms with Crippen molar-refractivity contribution in [3.63, 3.8) is 0 Å². The predicted octanol–water partition coefficient (Wildman–Crippen LogP) is 2.66. The van der Waals surface area contributed by atoms with E-state index in [4.69, 9.17) is 21.9 Å². The molecule has 0 atom stereocenters. The van der Waals surface area contributed by atoms with E-state index in [0.717, 1.165) is 0 Å². The third-order valence-electron chi connectivity index (χ3n) is 3.64. The molecule has 9 nitrogen and oxygen atoms in total. The molecule has 4 rings (SSSR count). The van der Waals surface area contributed by atoms with Crippen molar-refractivity contribution in [1.82, 2.24) is 15.3 Å². The first kappa shape index (κ1) is 15.9. The number of nitrogens with zero attached hydrogens (tertiary/aromatic N) is 2. The van der Waals surface area contributed by atoms with Gasteiger partial charge in [-0.1, -0.05) is 21.9 Å². The predicted molar refractivity (Wildman–Crippen MR) is 93.9 cm³/mol. The van der Waals surface area contributed by atoms with E-state index in [2.05, 4.69) is 25.1 Å². The lowest BCUT2D eigenvalue weighted by atomic mass is 10.1. The van der Waals surface area contributed by atoms with Crippen molar-refractivity contribution in [1.29, 1.82) is 0 Å². The van der Waals surface area contributed by atoms with Crippen LogP contribution in [0.5, 0.6) is 0 Å². The number of halogens is 1. The molecule has 130 valence electrons. The summed E-state index contributed by atoms with van der Waals surface area (Å²) < 4.78 is 9.64. The Kier molecular flexibility index (Phi) is 3.70. The highest BCUT2D eigenvalue weighted by atomic mass is 35.5. The second-order valence-corrected chi connectivity index (χ2v) is 5.81. The van der Waals surface area contributed by atoms with Gasteiger partial charge in [0.25, 0.3) is 5.91 Å². The van der Waals surface area contributed by atoms with Crippen LogP contribution in [-0.2, 0) is 0 Å². The van der Waals surface area contributed by atoms with Gasteiger partial charge in [-0.3, -0.25) is 14.3 Å². The van der Waals surface area contributed by atoms with Gasteiger partial charge in [-0.05, 0) is 30.3 Å². The molecule has 2 aromatic carbocycles. The van der Waals surface area contributed by atoms with Crippen LogP contribution in [-0.4, -0.2) is 21.2 Å². The van der Waals surface area contributed by atoms with E-state index < -0.39 is 11.7 Å². The Balaban J connectivity index is 1.73. The lowest BCUT2D eigenvalue weighted by molar-refractivity contribution is 0.102. The molecule has 2 heterocycles. The van der Waals surface area contributed by atoms with Crippen molar-refractivity contribution in [3.05, 3.63) is 57.7 Å². The van der Waals surface area contributed by atoms with Crippen molar-refractivity contribution >= 4 is 39.9 Å². The van der Waals surface area contributed by atoms with E-state index in [1.54, 1.807) is 30.3 Å². The van der Waals surface area contributed by atoms with E-state index in [-0.39, 0.29) is 11.5 Å². The van der Waals surface area contributed by atoms with Crippen LogP contribution in [0.3, 0.4) is 0 Å². The van der Waals surface area contributed by atoms with Crippen LogP contribution in [0, 0.1) is 0 Å². The van der Waals surface area contributed by atoms with E-state index in [1.807, 2.05) is 0 Å². The summed E-state index contributed by atoms with van der Waals surface area (Å²) in [4.78, 5) is 26.3. The first-order valence-electron chi connectivity index (χ1n) is 7.33. The number of hydrogen-bond acceptors (Lipinski definition) is 7. The Morgan fingerprint density at radius 1 is 1.15 bits per heavy atom. The number of carbonyl (C=O) groups is 1. The summed E-state index contributed by atoms with van der Waals surface area (Å²) in [6.07, 6.45) is 0. The number of fused-ring (bicyclic) bond motifs is 1. The molecule has 0 saturated heterocycles. The Morgan fingerprint density at radius 2 is 2.00 bits per heavy atom. The molecule has 0 aliphatic heterocycles. The largest absolute Gasteiger partial charge is 0.439 e. The Morgan fingerprint density at radius 3 is 2.77 bits per heavy atom. The third-order valence-corrected chi connectivity index (χ3v) is 3.87. The summed E-state index contributed by atoms with van der Waals surface area (Å²) in [5, 5.41) is 11.0. The molecule has 1 amide bonds. The highest BCUT2D eigenvalue weighted by molar-refractivity contribution is 6.31. The number of amides is 1. The van der Waals surface area contributed by atoms with Crippen molar-refractivity contribution < 1.29 is 13.8 Å². The van der Waals surface area contributed by atoms with Crippen molar-refractivity contribution in [2.24, 2.45) is 0 Å². The molecule has 0 radical (unpaired) electrons. The number of H-pyrrole nitrogens is 1. The summed E-state index contributed by atoms with van der Waals surface area (Å²) in [5.41, 5.74) is 7.41. The Hall–Kier alpha value is -3.59. The van der Waals surface area contributed by atoms with Crippen LogP contribution in [0.2, 0.25) is 5.02 Å². The standard InChI is InChI=1S/C16H10ClN5O4/c17-7-1-4-11(10(5-7)14-20-16(24)26-22-14)19-15(23)13-9-3-2-8(18)6-12(9)25-21-13/h1-6H,18H2,(H,19,23)(H,20,22,24). The van der Waals surface area contributed by atoms with Crippen molar-refractivity contribution in [2.45, 2.75) is 0 Å². The van der Waals surface area contributed by atoms with Gasteiger partial charge < -0.3 is 15.6 Å². The quantitative estimate of drug-likeness (QED) is 0.470. The molecular formula is C16H10ClN5O4. The molecule has 0 unspecified atom stereocenters. The molecule has 0 spiro atoms. The SMILES string of the molecule is Nc1ccc2c(C(=O)Nc3ccc(Cl)cc3-c3noc(=O)[nH]3)noc2c1. The minimum absolute atomic E-state index is 0.0922. The number of aromatic nitrogens is 3. The van der Waals surface area contributed by atoms with Crippen LogP contribution in [0.1, 0.15) is 10.5 Å². The number of nitrogens with one attached hydrogen (secondary N) is 2. The van der Waals surface area contributed by atoms with Crippen LogP contribution >= 0.6 is 11.6 Å². The van der Waals surface area contributed by atoms with Crippen LogP contribution < -0.4 is 16.8 Å². The van der Waals surface area contributed by atoms with E-state index in [9.17, 15) is 9.59 Å². The maximum atomic E-state index is 12.6. The fourth-order valence-electron chi connectivity index (χ4n) is 2.47. The van der Waals surface area contributed by atoms with Gasteiger partial charge in [0.05, 0.1) is 11.1 Å². The second-order valence-electron chi connectivity index (χ2n) is 5.37. The number of hydrogen-bond donors (Lipinski definition) is 3. The zero-order valence-corrected chi connectivity index (χ0v) is 13.7. The lowest BCUT2D eigenvalue weighted by Gasteiger charge is -2.08. The molecule has 0 fully saturated rings. The Labute approximate surface area is 149 Å². The Bertz CT molecular complexity index is 1190. The van der Waals surface area contributed by atoms with Gasteiger partial charge in [0.1, 0.15) is 0 Å². The van der Waals surface area contributed by atoms with Gasteiger partial charge >= 0.3 is 5.76 Å². The van der Waals surface area contributed by atoms with E-state index in [0.29, 0.717) is 32.9 Å². The summed E-state index contributed by atoms with van der Waals surface area (Å²) in [6.45, 7) is 0. The summed E-state index contributed by atoms with van der Waals surface area (Å²) >= 11 is 6.00. The minimum atomic E-state index is -0.725. The van der Waals surface area contributed by atoms with E-state index >= 15 is 0 Å². The zero-order chi connectivity index (χ0) is 18.3. The molecule has 4 aromatic rings. The maximum absolute atomic E-state index is 12.6. The summed E-state index contributed by atoms with van der Waals surface area (Å²) in [5.74, 6) is -1.11. The maximum Gasteiger partial charge on any atom is 0.439 e. The smallest absolute Gasteiger partial charge is 0.399 e. The number of benzene rings is 2. The molecular weight excluding hydrogens is 362 g/mol. The molecule has 0 aliphatic rings. The molecule has 0 bridgehead atoms. The molecule has 10 heteroatoms. The zero-order valence-electron chi connectivity index (χ0n) is 12.9. The first-order valence-corrected chi connectivity index (χ1v) is 7.71. The van der Waals surface area contributed by atoms with Gasteiger partial charge in [-0.25, -0.2) is 4.79 Å². The monoisotopic (exact) mass is 371 g/mol. The minimum Gasteiger partial charge on any atom is -0.399 e. The van der Waals surface area contributed by atoms with Gasteiger partial charge in [-0.2, -0.15) is 0 Å². The van der Waals surface area contributed by atoms with Gasteiger partial charge in [0.15, 0.2) is 17.1 Å². The van der Waals surface area contributed by atoms with Crippen LogP contribution in [0.15, 0.2) is 50.2 Å². The second kappa shape index (κ2) is 6.05. The molecule has 4 N–H and O–H groups in total. The molecule has 26 heavy (non-hydrogen) atoms. The topological polar surface area (TPSA) is 140 Å². The van der Waals surface area contributed by atoms with Gasteiger partial charge in [-0.15, -0.1) is 0 Å². The van der Waals surface area contributed by atoms with Crippen LogP contribution in [0.25, 0.3) is 22.4 Å².